The van der Waals surface area contributed by atoms with Crippen LogP contribution >= 0.6 is 0 Å². The molecule has 0 aliphatic rings. The van der Waals surface area contributed by atoms with Crippen LogP contribution in [0.15, 0.2) is 41.3 Å². The summed E-state index contributed by atoms with van der Waals surface area (Å²) >= 11 is 0. The number of aromatic nitrogens is 3. The molecule has 0 bridgehead atoms. The van der Waals surface area contributed by atoms with Crippen LogP contribution in [0.4, 0.5) is 0 Å². The fourth-order valence-corrected chi connectivity index (χ4v) is 1.88. The normalized spacial score (nSPS) is 11.0. The predicted molar refractivity (Wildman–Crippen MR) is 81.1 cm³/mol. The van der Waals surface area contributed by atoms with Crippen LogP contribution in [0.5, 0.6) is 0 Å². The maximum absolute atomic E-state index is 11.9. The molecule has 0 N–H and O–H groups in total. The zero-order chi connectivity index (χ0) is 15.1. The van der Waals surface area contributed by atoms with Gasteiger partial charge in [-0.15, -0.1) is 0 Å². The van der Waals surface area contributed by atoms with Crippen LogP contribution in [0.25, 0.3) is 11.4 Å². The second kappa shape index (κ2) is 7.66. The van der Waals surface area contributed by atoms with E-state index in [0.717, 1.165) is 18.8 Å². The Hall–Kier alpha value is -2.05. The van der Waals surface area contributed by atoms with Crippen LogP contribution in [0.3, 0.4) is 0 Å². The molecule has 112 valence electrons. The molecule has 0 unspecified atom stereocenters. The molecule has 2 aromatic heterocycles. The third kappa shape index (κ3) is 4.47. The molecule has 0 atom stereocenters. The number of ether oxygens (including phenoxy) is 1. The number of nitrogens with zero attached hydrogens (tertiary/aromatic N) is 4. The number of hydrogen-bond donors (Lipinski definition) is 0. The molecule has 0 amide bonds. The Kier molecular flexibility index (Phi) is 5.59. The van der Waals surface area contributed by atoms with Gasteiger partial charge in [0.25, 0.3) is 5.56 Å². The van der Waals surface area contributed by atoms with Crippen molar-refractivity contribution in [3.05, 3.63) is 46.9 Å². The lowest BCUT2D eigenvalue weighted by Crippen LogP contribution is -2.31. The highest BCUT2D eigenvalue weighted by Gasteiger charge is 2.05. The van der Waals surface area contributed by atoms with Crippen molar-refractivity contribution in [3.63, 3.8) is 0 Å². The summed E-state index contributed by atoms with van der Waals surface area (Å²) in [5, 5.41) is 4.38. The number of hydrogen-bond acceptors (Lipinski definition) is 5. The minimum Gasteiger partial charge on any atom is -0.383 e. The molecule has 2 aromatic rings. The Morgan fingerprint density at radius 3 is 2.76 bits per heavy atom. The van der Waals surface area contributed by atoms with Crippen LogP contribution < -0.4 is 5.56 Å². The van der Waals surface area contributed by atoms with Crippen molar-refractivity contribution in [1.29, 1.82) is 0 Å². The lowest BCUT2D eigenvalue weighted by Gasteiger charge is -2.16. The summed E-state index contributed by atoms with van der Waals surface area (Å²) in [7, 11) is 3.67. The first kappa shape index (κ1) is 15.3. The summed E-state index contributed by atoms with van der Waals surface area (Å²) in [6, 6.07) is 8.87. The van der Waals surface area contributed by atoms with Crippen LogP contribution in [0.1, 0.15) is 0 Å². The highest BCUT2D eigenvalue weighted by atomic mass is 16.5. The summed E-state index contributed by atoms with van der Waals surface area (Å²) in [6.45, 7) is 2.78. The molecule has 0 saturated heterocycles. The number of pyridine rings is 1. The van der Waals surface area contributed by atoms with Crippen molar-refractivity contribution in [3.8, 4) is 11.4 Å². The first-order valence-corrected chi connectivity index (χ1v) is 6.88. The molecule has 2 heterocycles. The largest absolute Gasteiger partial charge is 0.383 e. The van der Waals surface area contributed by atoms with Gasteiger partial charge in [-0.2, -0.15) is 5.10 Å². The molecule has 0 aliphatic heterocycles. The van der Waals surface area contributed by atoms with Crippen molar-refractivity contribution >= 4 is 0 Å². The molecule has 0 spiro atoms. The Labute approximate surface area is 124 Å². The second-order valence-corrected chi connectivity index (χ2v) is 4.79. The third-order valence-electron chi connectivity index (χ3n) is 3.16. The highest BCUT2D eigenvalue weighted by Crippen LogP contribution is 2.10. The third-order valence-corrected chi connectivity index (χ3v) is 3.16. The maximum atomic E-state index is 11.9. The highest BCUT2D eigenvalue weighted by molar-refractivity contribution is 5.52. The van der Waals surface area contributed by atoms with Crippen molar-refractivity contribution in [2.75, 3.05) is 33.9 Å². The number of rotatable bonds is 7. The van der Waals surface area contributed by atoms with E-state index in [-0.39, 0.29) is 5.56 Å². The van der Waals surface area contributed by atoms with Gasteiger partial charge in [-0.1, -0.05) is 6.07 Å². The standard InChI is InChI=1S/C15H20N4O2/c1-18(11-12-21-2)9-10-19-15(20)7-6-14(17-19)13-5-3-4-8-16-13/h3-8H,9-12H2,1-2H3. The molecule has 2 rings (SSSR count). The predicted octanol–water partition coefficient (Wildman–Crippen LogP) is 0.883. The van der Waals surface area contributed by atoms with Crippen molar-refractivity contribution < 1.29 is 4.74 Å². The quantitative estimate of drug-likeness (QED) is 0.757. The molecule has 0 aliphatic carbocycles. The zero-order valence-corrected chi connectivity index (χ0v) is 12.4. The number of likely N-dealkylation sites (N-methyl/N-ethyl adjacent to an activating group) is 1. The van der Waals surface area contributed by atoms with Gasteiger partial charge in [0, 0.05) is 32.5 Å². The van der Waals surface area contributed by atoms with E-state index in [1.165, 1.54) is 10.7 Å². The Balaban J connectivity index is 2.08. The SMILES string of the molecule is COCCN(C)CCn1nc(-c2ccccn2)ccc1=O. The second-order valence-electron chi connectivity index (χ2n) is 4.79. The van der Waals surface area contributed by atoms with E-state index in [0.29, 0.717) is 18.8 Å². The molecule has 21 heavy (non-hydrogen) atoms. The Morgan fingerprint density at radius 2 is 2.05 bits per heavy atom. The minimum absolute atomic E-state index is 0.102. The van der Waals surface area contributed by atoms with Gasteiger partial charge in [-0.25, -0.2) is 4.68 Å². The van der Waals surface area contributed by atoms with Gasteiger partial charge >= 0.3 is 0 Å². The molecular formula is C15H20N4O2. The van der Waals surface area contributed by atoms with E-state index in [2.05, 4.69) is 15.0 Å². The maximum Gasteiger partial charge on any atom is 0.266 e. The van der Waals surface area contributed by atoms with Gasteiger partial charge in [0.2, 0.25) is 0 Å². The lowest BCUT2D eigenvalue weighted by atomic mass is 10.2. The van der Waals surface area contributed by atoms with Crippen LogP contribution in [0, 0.1) is 0 Å². The van der Waals surface area contributed by atoms with Gasteiger partial charge in [0.1, 0.15) is 5.69 Å². The molecule has 0 saturated carbocycles. The van der Waals surface area contributed by atoms with Crippen molar-refractivity contribution in [2.24, 2.45) is 0 Å². The zero-order valence-electron chi connectivity index (χ0n) is 12.4. The van der Waals surface area contributed by atoms with Gasteiger partial charge in [-0.05, 0) is 25.2 Å². The van der Waals surface area contributed by atoms with Crippen molar-refractivity contribution in [1.82, 2.24) is 19.7 Å². The molecule has 0 aromatic carbocycles. The Morgan fingerprint density at radius 1 is 1.19 bits per heavy atom. The topological polar surface area (TPSA) is 60.2 Å². The monoisotopic (exact) mass is 288 g/mol. The summed E-state index contributed by atoms with van der Waals surface area (Å²) in [5.74, 6) is 0. The first-order valence-electron chi connectivity index (χ1n) is 6.88. The molecule has 6 heteroatoms. The van der Waals surface area contributed by atoms with Gasteiger partial charge in [0.15, 0.2) is 0 Å². The Bertz CT molecular complexity index is 613. The summed E-state index contributed by atoms with van der Waals surface area (Å²) in [5.41, 5.74) is 1.36. The van der Waals surface area contributed by atoms with E-state index >= 15 is 0 Å². The summed E-state index contributed by atoms with van der Waals surface area (Å²) in [6.07, 6.45) is 1.71. The average molecular weight is 288 g/mol. The fraction of sp³-hybridized carbons (Fsp3) is 0.400. The van der Waals surface area contributed by atoms with E-state index in [1.807, 2.05) is 25.2 Å². The molecular weight excluding hydrogens is 268 g/mol. The number of methoxy groups -OCH3 is 1. The summed E-state index contributed by atoms with van der Waals surface area (Å²) < 4.78 is 6.51. The van der Waals surface area contributed by atoms with Crippen molar-refractivity contribution in [2.45, 2.75) is 6.54 Å². The van der Waals surface area contributed by atoms with E-state index in [4.69, 9.17) is 4.74 Å². The fourth-order valence-electron chi connectivity index (χ4n) is 1.88. The molecule has 0 radical (unpaired) electrons. The summed E-state index contributed by atoms with van der Waals surface area (Å²) in [4.78, 5) is 18.2. The van der Waals surface area contributed by atoms with E-state index in [1.54, 1.807) is 19.4 Å². The van der Waals surface area contributed by atoms with E-state index < -0.39 is 0 Å². The molecule has 0 fully saturated rings. The minimum atomic E-state index is -0.102. The molecule has 6 nitrogen and oxygen atoms in total. The average Bonchev–Trinajstić information content (AvgIpc) is 2.53. The van der Waals surface area contributed by atoms with Gasteiger partial charge in [-0.3, -0.25) is 9.78 Å². The van der Waals surface area contributed by atoms with E-state index in [9.17, 15) is 4.79 Å². The van der Waals surface area contributed by atoms with Crippen LogP contribution in [-0.2, 0) is 11.3 Å². The van der Waals surface area contributed by atoms with Crippen LogP contribution in [-0.4, -0.2) is 53.5 Å². The van der Waals surface area contributed by atoms with Crippen LogP contribution in [0.2, 0.25) is 0 Å². The lowest BCUT2D eigenvalue weighted by molar-refractivity contribution is 0.158. The smallest absolute Gasteiger partial charge is 0.266 e. The first-order chi connectivity index (χ1) is 10.2. The van der Waals surface area contributed by atoms with Gasteiger partial charge < -0.3 is 9.64 Å². The van der Waals surface area contributed by atoms with Gasteiger partial charge in [0.05, 0.1) is 18.8 Å².